The summed E-state index contributed by atoms with van der Waals surface area (Å²) in [6, 6.07) is 7.39. The third-order valence-corrected chi connectivity index (χ3v) is 3.24. The molecule has 0 fully saturated rings. The van der Waals surface area contributed by atoms with E-state index in [1.54, 1.807) is 12.1 Å². The van der Waals surface area contributed by atoms with E-state index < -0.39 is 0 Å². The number of hydrogen-bond acceptors (Lipinski definition) is 4. The molecule has 0 saturated carbocycles. The minimum atomic E-state index is -0.132. The van der Waals surface area contributed by atoms with Gasteiger partial charge in [-0.2, -0.15) is 0 Å². The SMILES string of the molecule is CCNc1ccc(C(=O)Nc2nc(C)cs2)cc1. The summed E-state index contributed by atoms with van der Waals surface area (Å²) in [5.41, 5.74) is 2.56. The van der Waals surface area contributed by atoms with Crippen LogP contribution in [0.1, 0.15) is 23.0 Å². The predicted octanol–water partition coefficient (Wildman–Crippen LogP) is 3.14. The number of aromatic nitrogens is 1. The van der Waals surface area contributed by atoms with E-state index in [-0.39, 0.29) is 5.91 Å². The molecule has 2 N–H and O–H groups in total. The molecule has 1 heterocycles. The molecule has 1 aromatic heterocycles. The smallest absolute Gasteiger partial charge is 0.257 e. The second kappa shape index (κ2) is 5.64. The molecule has 0 bridgehead atoms. The summed E-state index contributed by atoms with van der Waals surface area (Å²) < 4.78 is 0. The van der Waals surface area contributed by atoms with Gasteiger partial charge in [-0.25, -0.2) is 4.98 Å². The van der Waals surface area contributed by atoms with Crippen LogP contribution in [0, 0.1) is 6.92 Å². The number of amides is 1. The summed E-state index contributed by atoms with van der Waals surface area (Å²) >= 11 is 1.43. The molecule has 0 atom stereocenters. The number of nitrogens with one attached hydrogen (secondary N) is 2. The molecular weight excluding hydrogens is 246 g/mol. The Balaban J connectivity index is 2.04. The van der Waals surface area contributed by atoms with Gasteiger partial charge in [-0.1, -0.05) is 0 Å². The fraction of sp³-hybridized carbons (Fsp3) is 0.231. The number of carbonyl (C=O) groups is 1. The summed E-state index contributed by atoms with van der Waals surface area (Å²) in [6.07, 6.45) is 0. The van der Waals surface area contributed by atoms with Gasteiger partial charge in [0, 0.05) is 23.2 Å². The van der Waals surface area contributed by atoms with Crippen LogP contribution in [-0.2, 0) is 0 Å². The first kappa shape index (κ1) is 12.6. The maximum absolute atomic E-state index is 11.9. The van der Waals surface area contributed by atoms with Crippen LogP contribution in [0.5, 0.6) is 0 Å². The van der Waals surface area contributed by atoms with Crippen molar-refractivity contribution in [2.24, 2.45) is 0 Å². The Kier molecular flexibility index (Phi) is 3.94. The first-order chi connectivity index (χ1) is 8.69. The highest BCUT2D eigenvalue weighted by Gasteiger charge is 2.07. The molecule has 1 aromatic carbocycles. The first-order valence-corrected chi connectivity index (χ1v) is 6.64. The number of rotatable bonds is 4. The summed E-state index contributed by atoms with van der Waals surface area (Å²) in [5.74, 6) is -0.132. The van der Waals surface area contributed by atoms with Crippen LogP contribution < -0.4 is 10.6 Å². The summed E-state index contributed by atoms with van der Waals surface area (Å²) in [7, 11) is 0. The molecule has 0 saturated heterocycles. The van der Waals surface area contributed by atoms with E-state index in [1.807, 2.05) is 31.4 Å². The van der Waals surface area contributed by atoms with Gasteiger partial charge in [-0.3, -0.25) is 10.1 Å². The molecule has 94 valence electrons. The molecule has 0 aliphatic carbocycles. The zero-order valence-corrected chi connectivity index (χ0v) is 11.2. The number of benzene rings is 1. The monoisotopic (exact) mass is 261 g/mol. The molecule has 5 heteroatoms. The number of nitrogens with zero attached hydrogens (tertiary/aromatic N) is 1. The Bertz CT molecular complexity index is 533. The van der Waals surface area contributed by atoms with Crippen LogP contribution >= 0.6 is 11.3 Å². The van der Waals surface area contributed by atoms with Gasteiger partial charge in [0.2, 0.25) is 0 Å². The minimum absolute atomic E-state index is 0.132. The van der Waals surface area contributed by atoms with Crippen LogP contribution in [0.3, 0.4) is 0 Å². The second-order valence-electron chi connectivity index (χ2n) is 3.86. The standard InChI is InChI=1S/C13H15N3OS/c1-3-14-11-6-4-10(5-7-11)12(17)16-13-15-9(2)8-18-13/h4-8,14H,3H2,1-2H3,(H,15,16,17). The maximum Gasteiger partial charge on any atom is 0.257 e. The van der Waals surface area contributed by atoms with E-state index in [2.05, 4.69) is 15.6 Å². The lowest BCUT2D eigenvalue weighted by Gasteiger charge is -2.05. The van der Waals surface area contributed by atoms with E-state index in [4.69, 9.17) is 0 Å². The fourth-order valence-corrected chi connectivity index (χ4v) is 2.21. The van der Waals surface area contributed by atoms with Gasteiger partial charge in [0.05, 0.1) is 5.69 Å². The number of aryl methyl sites for hydroxylation is 1. The lowest BCUT2D eigenvalue weighted by molar-refractivity contribution is 0.102. The topological polar surface area (TPSA) is 54.0 Å². The Hall–Kier alpha value is -1.88. The van der Waals surface area contributed by atoms with Crippen molar-refractivity contribution in [1.82, 2.24) is 4.98 Å². The van der Waals surface area contributed by atoms with Crippen molar-refractivity contribution < 1.29 is 4.79 Å². The Labute approximate surface area is 110 Å². The van der Waals surface area contributed by atoms with Gasteiger partial charge in [0.15, 0.2) is 5.13 Å². The highest BCUT2D eigenvalue weighted by Crippen LogP contribution is 2.16. The fourth-order valence-electron chi connectivity index (χ4n) is 1.52. The summed E-state index contributed by atoms with van der Waals surface area (Å²) in [4.78, 5) is 16.1. The molecule has 0 unspecified atom stereocenters. The van der Waals surface area contributed by atoms with Crippen LogP contribution in [0.4, 0.5) is 10.8 Å². The maximum atomic E-state index is 11.9. The third-order valence-electron chi connectivity index (χ3n) is 2.37. The number of carbonyl (C=O) groups excluding carboxylic acids is 1. The lowest BCUT2D eigenvalue weighted by Crippen LogP contribution is -2.11. The molecule has 0 spiro atoms. The molecule has 0 aliphatic rings. The molecule has 1 amide bonds. The van der Waals surface area contributed by atoms with Gasteiger partial charge in [-0.15, -0.1) is 11.3 Å². The summed E-state index contributed by atoms with van der Waals surface area (Å²) in [5, 5.41) is 8.50. The Morgan fingerprint density at radius 3 is 2.61 bits per heavy atom. The van der Waals surface area contributed by atoms with E-state index in [0.717, 1.165) is 17.9 Å². The van der Waals surface area contributed by atoms with Crippen molar-refractivity contribution in [2.45, 2.75) is 13.8 Å². The molecule has 0 radical (unpaired) electrons. The van der Waals surface area contributed by atoms with Crippen LogP contribution in [0.15, 0.2) is 29.6 Å². The van der Waals surface area contributed by atoms with Gasteiger partial charge in [0.25, 0.3) is 5.91 Å². The minimum Gasteiger partial charge on any atom is -0.385 e. The van der Waals surface area contributed by atoms with Crippen molar-refractivity contribution in [3.05, 3.63) is 40.9 Å². The van der Waals surface area contributed by atoms with Gasteiger partial charge in [-0.05, 0) is 38.1 Å². The molecule has 4 nitrogen and oxygen atoms in total. The van der Waals surface area contributed by atoms with Crippen LogP contribution in [0.25, 0.3) is 0 Å². The molecule has 18 heavy (non-hydrogen) atoms. The molecule has 2 rings (SSSR count). The van der Waals surface area contributed by atoms with Gasteiger partial charge < -0.3 is 5.32 Å². The van der Waals surface area contributed by atoms with Crippen molar-refractivity contribution >= 4 is 28.1 Å². The average molecular weight is 261 g/mol. The zero-order chi connectivity index (χ0) is 13.0. The van der Waals surface area contributed by atoms with E-state index in [0.29, 0.717) is 10.7 Å². The number of hydrogen-bond donors (Lipinski definition) is 2. The highest BCUT2D eigenvalue weighted by molar-refractivity contribution is 7.13. The second-order valence-corrected chi connectivity index (χ2v) is 4.71. The van der Waals surface area contributed by atoms with Crippen molar-refractivity contribution in [3.63, 3.8) is 0 Å². The first-order valence-electron chi connectivity index (χ1n) is 5.76. The Morgan fingerprint density at radius 1 is 1.33 bits per heavy atom. The third kappa shape index (κ3) is 3.07. The Morgan fingerprint density at radius 2 is 2.06 bits per heavy atom. The number of thiazole rings is 1. The summed E-state index contributed by atoms with van der Waals surface area (Å²) in [6.45, 7) is 4.80. The van der Waals surface area contributed by atoms with Crippen molar-refractivity contribution in [3.8, 4) is 0 Å². The normalized spacial score (nSPS) is 10.1. The average Bonchev–Trinajstić information content (AvgIpc) is 2.76. The largest absolute Gasteiger partial charge is 0.385 e. The quantitative estimate of drug-likeness (QED) is 0.889. The predicted molar refractivity (Wildman–Crippen MR) is 75.4 cm³/mol. The van der Waals surface area contributed by atoms with Gasteiger partial charge in [0.1, 0.15) is 0 Å². The van der Waals surface area contributed by atoms with E-state index in [1.165, 1.54) is 11.3 Å². The molecule has 2 aromatic rings. The van der Waals surface area contributed by atoms with E-state index in [9.17, 15) is 4.79 Å². The zero-order valence-electron chi connectivity index (χ0n) is 10.4. The van der Waals surface area contributed by atoms with Crippen molar-refractivity contribution in [2.75, 3.05) is 17.2 Å². The highest BCUT2D eigenvalue weighted by atomic mass is 32.1. The lowest BCUT2D eigenvalue weighted by atomic mass is 10.2. The van der Waals surface area contributed by atoms with Crippen LogP contribution in [-0.4, -0.2) is 17.4 Å². The van der Waals surface area contributed by atoms with Gasteiger partial charge >= 0.3 is 0 Å². The van der Waals surface area contributed by atoms with Crippen LogP contribution in [0.2, 0.25) is 0 Å². The molecule has 0 aliphatic heterocycles. The van der Waals surface area contributed by atoms with E-state index >= 15 is 0 Å². The van der Waals surface area contributed by atoms with Crippen molar-refractivity contribution in [1.29, 1.82) is 0 Å². The number of anilines is 2. The molecular formula is C13H15N3OS.